The van der Waals surface area contributed by atoms with Crippen molar-refractivity contribution in [2.75, 3.05) is 11.9 Å². The second-order valence-corrected chi connectivity index (χ2v) is 4.12. The highest BCUT2D eigenvalue weighted by Gasteiger charge is 2.06. The highest BCUT2D eigenvalue weighted by Crippen LogP contribution is 2.10. The van der Waals surface area contributed by atoms with E-state index in [0.29, 0.717) is 18.8 Å². The van der Waals surface area contributed by atoms with Gasteiger partial charge >= 0.3 is 0 Å². The highest BCUT2D eigenvalue weighted by atomic mass is 16.3. The standard InChI is InChI=1S/C14H17N3O2/c1-2-6-16-14(18)13-9-11(5-7-15-13)17-10-12-4-3-8-19-12/h3-5,7-9H,2,6,10H2,1H3,(H,15,17)(H,16,18). The van der Waals surface area contributed by atoms with E-state index in [0.717, 1.165) is 17.9 Å². The predicted molar refractivity (Wildman–Crippen MR) is 72.9 cm³/mol. The Labute approximate surface area is 112 Å². The first-order valence-electron chi connectivity index (χ1n) is 6.30. The summed E-state index contributed by atoms with van der Waals surface area (Å²) in [7, 11) is 0. The van der Waals surface area contributed by atoms with E-state index >= 15 is 0 Å². The first-order chi connectivity index (χ1) is 9.29. The van der Waals surface area contributed by atoms with Crippen LogP contribution in [0.15, 0.2) is 41.1 Å². The van der Waals surface area contributed by atoms with Gasteiger partial charge in [0, 0.05) is 18.4 Å². The molecule has 5 nitrogen and oxygen atoms in total. The first-order valence-corrected chi connectivity index (χ1v) is 6.30. The van der Waals surface area contributed by atoms with Crippen LogP contribution in [0.1, 0.15) is 29.6 Å². The Bertz CT molecular complexity index is 523. The maximum Gasteiger partial charge on any atom is 0.269 e. The Morgan fingerprint density at radius 2 is 2.32 bits per heavy atom. The molecule has 2 heterocycles. The minimum absolute atomic E-state index is 0.150. The summed E-state index contributed by atoms with van der Waals surface area (Å²) < 4.78 is 5.23. The number of aromatic nitrogens is 1. The van der Waals surface area contributed by atoms with Crippen molar-refractivity contribution in [2.45, 2.75) is 19.9 Å². The van der Waals surface area contributed by atoms with Crippen LogP contribution in [-0.4, -0.2) is 17.4 Å². The summed E-state index contributed by atoms with van der Waals surface area (Å²) in [6.07, 6.45) is 4.15. The molecule has 0 aliphatic rings. The number of nitrogens with one attached hydrogen (secondary N) is 2. The number of rotatable bonds is 6. The van der Waals surface area contributed by atoms with Crippen LogP contribution in [0.4, 0.5) is 5.69 Å². The number of hydrogen-bond acceptors (Lipinski definition) is 4. The quantitative estimate of drug-likeness (QED) is 0.836. The molecule has 0 fully saturated rings. The first kappa shape index (κ1) is 13.1. The minimum atomic E-state index is -0.150. The fourth-order valence-electron chi connectivity index (χ4n) is 1.60. The van der Waals surface area contributed by atoms with Crippen LogP contribution in [0.3, 0.4) is 0 Å². The van der Waals surface area contributed by atoms with Gasteiger partial charge in [-0.25, -0.2) is 0 Å². The number of pyridine rings is 1. The number of carbonyl (C=O) groups is 1. The molecule has 19 heavy (non-hydrogen) atoms. The zero-order chi connectivity index (χ0) is 13.5. The molecule has 100 valence electrons. The lowest BCUT2D eigenvalue weighted by molar-refractivity contribution is 0.0949. The van der Waals surface area contributed by atoms with Crippen LogP contribution in [-0.2, 0) is 6.54 Å². The molecule has 2 aromatic rings. The summed E-state index contributed by atoms with van der Waals surface area (Å²) in [6.45, 7) is 3.24. The van der Waals surface area contributed by atoms with Crippen LogP contribution >= 0.6 is 0 Å². The molecule has 0 bridgehead atoms. The van der Waals surface area contributed by atoms with E-state index < -0.39 is 0 Å². The summed E-state index contributed by atoms with van der Waals surface area (Å²) in [5.41, 5.74) is 1.26. The van der Waals surface area contributed by atoms with Gasteiger partial charge in [0.05, 0.1) is 12.8 Å². The molecule has 2 aromatic heterocycles. The maximum atomic E-state index is 11.8. The van der Waals surface area contributed by atoms with Crippen molar-refractivity contribution >= 4 is 11.6 Å². The summed E-state index contributed by atoms with van der Waals surface area (Å²) in [4.78, 5) is 15.8. The van der Waals surface area contributed by atoms with Crippen LogP contribution in [0.25, 0.3) is 0 Å². The molecule has 5 heteroatoms. The fraction of sp³-hybridized carbons (Fsp3) is 0.286. The van der Waals surface area contributed by atoms with Crippen molar-refractivity contribution in [1.29, 1.82) is 0 Å². The van der Waals surface area contributed by atoms with Crippen molar-refractivity contribution in [3.8, 4) is 0 Å². The van der Waals surface area contributed by atoms with E-state index in [1.807, 2.05) is 25.1 Å². The average Bonchev–Trinajstić information content (AvgIpc) is 2.96. The number of carbonyl (C=O) groups excluding carboxylic acids is 1. The number of furan rings is 1. The zero-order valence-electron chi connectivity index (χ0n) is 10.8. The van der Waals surface area contributed by atoms with Crippen LogP contribution < -0.4 is 10.6 Å². The molecule has 0 saturated carbocycles. The molecule has 0 radical (unpaired) electrons. The van der Waals surface area contributed by atoms with Crippen molar-refractivity contribution < 1.29 is 9.21 Å². The Hall–Kier alpha value is -2.30. The molecule has 0 aromatic carbocycles. The number of nitrogens with zero attached hydrogens (tertiary/aromatic N) is 1. The van der Waals surface area contributed by atoms with Crippen molar-refractivity contribution in [1.82, 2.24) is 10.3 Å². The van der Waals surface area contributed by atoms with Gasteiger partial charge in [0.25, 0.3) is 5.91 Å². The van der Waals surface area contributed by atoms with E-state index in [9.17, 15) is 4.79 Å². The molecule has 0 atom stereocenters. The molecule has 1 amide bonds. The minimum Gasteiger partial charge on any atom is -0.467 e. The van der Waals surface area contributed by atoms with Gasteiger partial charge in [-0.05, 0) is 30.7 Å². The number of amides is 1. The second kappa shape index (κ2) is 6.58. The highest BCUT2D eigenvalue weighted by molar-refractivity contribution is 5.93. The third-order valence-corrected chi connectivity index (χ3v) is 2.57. The van der Waals surface area contributed by atoms with Crippen LogP contribution in [0, 0.1) is 0 Å². The van der Waals surface area contributed by atoms with Gasteiger partial charge in [0.1, 0.15) is 11.5 Å². The molecular formula is C14H17N3O2. The van der Waals surface area contributed by atoms with E-state index in [4.69, 9.17) is 4.42 Å². The van der Waals surface area contributed by atoms with E-state index in [-0.39, 0.29) is 5.91 Å². The SMILES string of the molecule is CCCNC(=O)c1cc(NCc2ccco2)ccn1. The smallest absolute Gasteiger partial charge is 0.269 e. The Balaban J connectivity index is 1.96. The van der Waals surface area contributed by atoms with Crippen molar-refractivity contribution in [3.05, 3.63) is 48.2 Å². The number of anilines is 1. The van der Waals surface area contributed by atoms with Gasteiger partial charge in [-0.2, -0.15) is 0 Å². The normalized spacial score (nSPS) is 10.2. The van der Waals surface area contributed by atoms with Gasteiger partial charge in [-0.3, -0.25) is 9.78 Å². The third-order valence-electron chi connectivity index (χ3n) is 2.57. The predicted octanol–water partition coefficient (Wildman–Crippen LogP) is 2.43. The monoisotopic (exact) mass is 259 g/mol. The third kappa shape index (κ3) is 3.84. The van der Waals surface area contributed by atoms with E-state index in [1.165, 1.54) is 0 Å². The van der Waals surface area contributed by atoms with Gasteiger partial charge in [0.15, 0.2) is 0 Å². The lowest BCUT2D eigenvalue weighted by Crippen LogP contribution is -2.24. The number of hydrogen-bond donors (Lipinski definition) is 2. The van der Waals surface area contributed by atoms with Gasteiger partial charge in [-0.1, -0.05) is 6.92 Å². The molecule has 0 aliphatic carbocycles. The fourth-order valence-corrected chi connectivity index (χ4v) is 1.60. The molecule has 2 rings (SSSR count). The Morgan fingerprint density at radius 1 is 1.42 bits per heavy atom. The van der Waals surface area contributed by atoms with E-state index in [1.54, 1.807) is 18.5 Å². The molecule has 2 N–H and O–H groups in total. The lowest BCUT2D eigenvalue weighted by Gasteiger charge is -2.07. The zero-order valence-corrected chi connectivity index (χ0v) is 10.8. The summed E-state index contributed by atoms with van der Waals surface area (Å²) >= 11 is 0. The van der Waals surface area contributed by atoms with Crippen LogP contribution in [0.2, 0.25) is 0 Å². The largest absolute Gasteiger partial charge is 0.467 e. The van der Waals surface area contributed by atoms with Crippen LogP contribution in [0.5, 0.6) is 0 Å². The van der Waals surface area contributed by atoms with Crippen molar-refractivity contribution in [3.63, 3.8) is 0 Å². The Morgan fingerprint density at radius 3 is 3.05 bits per heavy atom. The second-order valence-electron chi connectivity index (χ2n) is 4.12. The average molecular weight is 259 g/mol. The van der Waals surface area contributed by atoms with Gasteiger partial charge in [0.2, 0.25) is 0 Å². The molecule has 0 saturated heterocycles. The molecule has 0 aliphatic heterocycles. The molecular weight excluding hydrogens is 242 g/mol. The summed E-state index contributed by atoms with van der Waals surface area (Å²) in [5.74, 6) is 0.692. The maximum absolute atomic E-state index is 11.8. The topological polar surface area (TPSA) is 67.2 Å². The van der Waals surface area contributed by atoms with Gasteiger partial charge in [-0.15, -0.1) is 0 Å². The van der Waals surface area contributed by atoms with Gasteiger partial charge < -0.3 is 15.1 Å². The Kier molecular flexibility index (Phi) is 4.55. The lowest BCUT2D eigenvalue weighted by atomic mass is 10.3. The summed E-state index contributed by atoms with van der Waals surface area (Å²) in [6, 6.07) is 7.28. The molecule has 0 unspecified atom stereocenters. The summed E-state index contributed by atoms with van der Waals surface area (Å²) in [5, 5.41) is 5.98. The van der Waals surface area contributed by atoms with Crippen molar-refractivity contribution in [2.24, 2.45) is 0 Å². The van der Waals surface area contributed by atoms with E-state index in [2.05, 4.69) is 15.6 Å². The molecule has 0 spiro atoms.